The second-order valence-electron chi connectivity index (χ2n) is 9.89. The van der Waals surface area contributed by atoms with E-state index in [-0.39, 0.29) is 0 Å². The lowest BCUT2D eigenvalue weighted by Crippen LogP contribution is -2.17. The van der Waals surface area contributed by atoms with Gasteiger partial charge in [0.05, 0.1) is 21.3 Å². The van der Waals surface area contributed by atoms with E-state index in [1.807, 2.05) is 41.1 Å². The number of benzene rings is 3. The Morgan fingerprint density at radius 3 is 2.44 bits per heavy atom. The number of aromatic nitrogens is 2. The summed E-state index contributed by atoms with van der Waals surface area (Å²) in [6, 6.07) is 29.8. The van der Waals surface area contributed by atoms with E-state index in [0.717, 1.165) is 38.9 Å². The molecule has 5 nitrogen and oxygen atoms in total. The quantitative estimate of drug-likeness (QED) is 0.187. The molecular formula is C31H30ClN3O2S2. The Morgan fingerprint density at radius 1 is 0.923 bits per heavy atom. The van der Waals surface area contributed by atoms with Gasteiger partial charge in [-0.15, -0.1) is 11.3 Å². The van der Waals surface area contributed by atoms with Gasteiger partial charge in [0.1, 0.15) is 0 Å². The first-order valence-electron chi connectivity index (χ1n) is 12.6. The summed E-state index contributed by atoms with van der Waals surface area (Å²) < 4.78 is 26.0. The van der Waals surface area contributed by atoms with Gasteiger partial charge >= 0.3 is 0 Å². The molecule has 0 aliphatic carbocycles. The van der Waals surface area contributed by atoms with Gasteiger partial charge in [-0.2, -0.15) is 5.10 Å². The molecule has 0 saturated heterocycles. The van der Waals surface area contributed by atoms with Crippen molar-refractivity contribution in [3.05, 3.63) is 123 Å². The number of rotatable bonds is 9. The van der Waals surface area contributed by atoms with Crippen LogP contribution in [0, 0.1) is 6.92 Å². The third-order valence-corrected chi connectivity index (χ3v) is 9.05. The highest BCUT2D eigenvalue weighted by molar-refractivity contribution is 7.90. The molecule has 0 unspecified atom stereocenters. The zero-order chi connectivity index (χ0) is 27.6. The van der Waals surface area contributed by atoms with Crippen molar-refractivity contribution in [2.24, 2.45) is 0 Å². The van der Waals surface area contributed by atoms with Crippen LogP contribution in [-0.2, 0) is 29.3 Å². The van der Waals surface area contributed by atoms with Gasteiger partial charge in [0, 0.05) is 41.2 Å². The molecule has 0 saturated carbocycles. The minimum absolute atomic E-state index is 0.325. The van der Waals surface area contributed by atoms with Gasteiger partial charge in [-0.3, -0.25) is 4.90 Å². The highest BCUT2D eigenvalue weighted by atomic mass is 35.5. The number of aryl methyl sites for hydroxylation is 1. The SMILES string of the molecule is Cc1ccc(CN(C)Cc2cc(Cc3ccc(-c4cccc(S(C)(=O)=O)c4)s3)n(-c3ccccc3Cl)n2)cc1. The van der Waals surface area contributed by atoms with E-state index in [2.05, 4.69) is 55.3 Å². The number of nitrogens with zero attached hydrogens (tertiary/aromatic N) is 3. The molecular weight excluding hydrogens is 546 g/mol. The number of halogens is 1. The molecule has 0 aliphatic rings. The van der Waals surface area contributed by atoms with Crippen LogP contribution in [0.5, 0.6) is 0 Å². The molecule has 8 heteroatoms. The van der Waals surface area contributed by atoms with Crippen LogP contribution in [0.2, 0.25) is 5.02 Å². The molecule has 3 aromatic carbocycles. The molecule has 0 amide bonds. The Kier molecular flexibility index (Phi) is 8.05. The Bertz CT molecular complexity index is 1710. The molecule has 0 radical (unpaired) electrons. The van der Waals surface area contributed by atoms with Crippen molar-refractivity contribution in [1.82, 2.24) is 14.7 Å². The summed E-state index contributed by atoms with van der Waals surface area (Å²) in [7, 11) is -1.17. The maximum absolute atomic E-state index is 12.0. The summed E-state index contributed by atoms with van der Waals surface area (Å²) in [5, 5.41) is 5.61. The maximum Gasteiger partial charge on any atom is 0.175 e. The summed E-state index contributed by atoms with van der Waals surface area (Å²) >= 11 is 8.24. The predicted octanol–water partition coefficient (Wildman–Crippen LogP) is 7.19. The first kappa shape index (κ1) is 27.3. The Labute approximate surface area is 239 Å². The number of hydrogen-bond acceptors (Lipinski definition) is 5. The van der Waals surface area contributed by atoms with Crippen LogP contribution in [0.15, 0.2) is 95.9 Å². The molecule has 39 heavy (non-hydrogen) atoms. The van der Waals surface area contributed by atoms with E-state index in [9.17, 15) is 8.42 Å². The second-order valence-corrected chi connectivity index (χ2v) is 13.5. The van der Waals surface area contributed by atoms with Crippen LogP contribution in [0.25, 0.3) is 16.1 Å². The smallest absolute Gasteiger partial charge is 0.175 e. The lowest BCUT2D eigenvalue weighted by molar-refractivity contribution is 0.314. The van der Waals surface area contributed by atoms with E-state index >= 15 is 0 Å². The van der Waals surface area contributed by atoms with Gasteiger partial charge in [-0.05, 0) is 67.6 Å². The largest absolute Gasteiger partial charge is 0.296 e. The Balaban J connectivity index is 1.41. The third kappa shape index (κ3) is 6.68. The minimum atomic E-state index is -3.27. The fraction of sp³-hybridized carbons (Fsp3) is 0.194. The van der Waals surface area contributed by atoms with E-state index < -0.39 is 9.84 Å². The highest BCUT2D eigenvalue weighted by Crippen LogP contribution is 2.32. The fourth-order valence-electron chi connectivity index (χ4n) is 4.53. The van der Waals surface area contributed by atoms with E-state index in [0.29, 0.717) is 22.9 Å². The van der Waals surface area contributed by atoms with E-state index in [1.54, 1.807) is 29.5 Å². The number of hydrogen-bond donors (Lipinski definition) is 0. The number of sulfone groups is 1. The molecule has 200 valence electrons. The van der Waals surface area contributed by atoms with Crippen molar-refractivity contribution < 1.29 is 8.42 Å². The zero-order valence-electron chi connectivity index (χ0n) is 22.1. The molecule has 0 atom stereocenters. The van der Waals surface area contributed by atoms with E-state index in [4.69, 9.17) is 16.7 Å². The molecule has 0 bridgehead atoms. The average molecular weight is 576 g/mol. The van der Waals surface area contributed by atoms with Crippen LogP contribution >= 0.6 is 22.9 Å². The normalized spacial score (nSPS) is 11.8. The molecule has 5 rings (SSSR count). The summed E-state index contributed by atoms with van der Waals surface area (Å²) in [6.45, 7) is 3.63. The second kappa shape index (κ2) is 11.5. The van der Waals surface area contributed by atoms with Crippen molar-refractivity contribution >= 4 is 32.8 Å². The summed E-state index contributed by atoms with van der Waals surface area (Å²) in [4.78, 5) is 4.76. The first-order chi connectivity index (χ1) is 18.7. The zero-order valence-corrected chi connectivity index (χ0v) is 24.5. The van der Waals surface area contributed by atoms with Crippen LogP contribution in [-0.4, -0.2) is 36.4 Å². The maximum atomic E-state index is 12.0. The van der Waals surface area contributed by atoms with Gasteiger partial charge in [-0.1, -0.05) is 65.7 Å². The van der Waals surface area contributed by atoms with Crippen LogP contribution < -0.4 is 0 Å². The van der Waals surface area contributed by atoms with Crippen molar-refractivity contribution in [3.63, 3.8) is 0 Å². The van der Waals surface area contributed by atoms with Crippen molar-refractivity contribution in [2.75, 3.05) is 13.3 Å². The number of para-hydroxylation sites is 1. The summed E-state index contributed by atoms with van der Waals surface area (Å²) in [6.07, 6.45) is 1.91. The average Bonchev–Trinajstić information content (AvgIpc) is 3.52. The molecule has 0 spiro atoms. The predicted molar refractivity (Wildman–Crippen MR) is 161 cm³/mol. The van der Waals surface area contributed by atoms with E-state index in [1.165, 1.54) is 17.4 Å². The first-order valence-corrected chi connectivity index (χ1v) is 15.7. The molecule has 0 fully saturated rings. The summed E-state index contributed by atoms with van der Waals surface area (Å²) in [5.41, 5.74) is 6.27. The molecule has 2 aromatic heterocycles. The number of thiophene rings is 1. The molecule has 2 heterocycles. The van der Waals surface area contributed by atoms with Gasteiger partial charge in [0.15, 0.2) is 9.84 Å². The Morgan fingerprint density at radius 2 is 1.69 bits per heavy atom. The monoisotopic (exact) mass is 575 g/mol. The lowest BCUT2D eigenvalue weighted by atomic mass is 10.1. The third-order valence-electron chi connectivity index (χ3n) is 6.48. The highest BCUT2D eigenvalue weighted by Gasteiger charge is 2.16. The van der Waals surface area contributed by atoms with Gasteiger partial charge in [-0.25, -0.2) is 13.1 Å². The van der Waals surface area contributed by atoms with Crippen molar-refractivity contribution in [3.8, 4) is 16.1 Å². The van der Waals surface area contributed by atoms with Crippen LogP contribution in [0.1, 0.15) is 27.4 Å². The standard InChI is InChI=1S/C31H30ClN3O2S2/c1-22-11-13-23(14-12-22)20-34(2)21-25-18-26(35(33-25)30-10-5-4-9-29(30)32)19-27-15-16-31(38-27)24-7-6-8-28(17-24)39(3,36)37/h4-18H,19-21H2,1-3H3. The van der Waals surface area contributed by atoms with Gasteiger partial charge < -0.3 is 0 Å². The van der Waals surface area contributed by atoms with Crippen LogP contribution in [0.4, 0.5) is 0 Å². The van der Waals surface area contributed by atoms with Crippen LogP contribution in [0.3, 0.4) is 0 Å². The molecule has 0 N–H and O–H groups in total. The topological polar surface area (TPSA) is 55.2 Å². The molecule has 5 aromatic rings. The fourth-order valence-corrected chi connectivity index (χ4v) is 6.44. The van der Waals surface area contributed by atoms with Crippen molar-refractivity contribution in [1.29, 1.82) is 0 Å². The lowest BCUT2D eigenvalue weighted by Gasteiger charge is -2.15. The Hall–Kier alpha value is -3.23. The molecule has 0 aliphatic heterocycles. The minimum Gasteiger partial charge on any atom is -0.296 e. The van der Waals surface area contributed by atoms with Gasteiger partial charge in [0.25, 0.3) is 0 Å². The van der Waals surface area contributed by atoms with Gasteiger partial charge in [0.2, 0.25) is 0 Å². The van der Waals surface area contributed by atoms with Crippen molar-refractivity contribution in [2.45, 2.75) is 31.3 Å². The summed E-state index contributed by atoms with van der Waals surface area (Å²) in [5.74, 6) is 0.